The minimum absolute atomic E-state index is 0.317. The Kier molecular flexibility index (Phi) is 6.12. The summed E-state index contributed by atoms with van der Waals surface area (Å²) in [7, 11) is 1.38. The van der Waals surface area contributed by atoms with Gasteiger partial charge in [-0.1, -0.05) is 42.5 Å². The van der Waals surface area contributed by atoms with Crippen molar-refractivity contribution in [3.63, 3.8) is 0 Å². The van der Waals surface area contributed by atoms with Gasteiger partial charge in [-0.05, 0) is 73.5 Å². The van der Waals surface area contributed by atoms with Crippen molar-refractivity contribution >= 4 is 40.5 Å². The minimum atomic E-state index is -0.382. The number of benzene rings is 3. The Balaban J connectivity index is 1.47. The SMILES string of the molecule is COC(=O)c1ccc([C@H]2c3c(C)nn(-c4ccccn4)c3N=C3C(Nc4cccc(C)c4)=Nc4ccccc4N32)cc1. The van der Waals surface area contributed by atoms with Crippen molar-refractivity contribution in [3.8, 4) is 5.82 Å². The van der Waals surface area contributed by atoms with Gasteiger partial charge < -0.3 is 15.0 Å². The van der Waals surface area contributed by atoms with Gasteiger partial charge in [0.1, 0.15) is 0 Å². The van der Waals surface area contributed by atoms with E-state index in [-0.39, 0.29) is 12.0 Å². The number of pyridine rings is 1. The first-order valence-electron chi connectivity index (χ1n) is 13.6. The van der Waals surface area contributed by atoms with Crippen molar-refractivity contribution in [2.75, 3.05) is 17.3 Å². The van der Waals surface area contributed by atoms with Gasteiger partial charge in [-0.2, -0.15) is 9.78 Å². The highest BCUT2D eigenvalue weighted by Crippen LogP contribution is 2.48. The standard InChI is InChI=1S/C33H27N7O2/c1-20-9-8-10-24(19-20)35-30-32-37-31-28(21(2)38-40(31)27-13-6-7-18-34-27)29(22-14-16-23(17-15-22)33(41)42-3)39(32)26-12-5-4-11-25(26)36-30/h4-19,29H,1-3H3,(H,35,36)/t29-/m0/s1. The maximum atomic E-state index is 12.2. The summed E-state index contributed by atoms with van der Waals surface area (Å²) in [5.41, 5.74) is 7.00. The smallest absolute Gasteiger partial charge is 0.337 e. The number of nitrogens with zero attached hydrogens (tertiary/aromatic N) is 6. The van der Waals surface area contributed by atoms with Gasteiger partial charge in [-0.25, -0.2) is 19.8 Å². The van der Waals surface area contributed by atoms with Crippen LogP contribution in [0.25, 0.3) is 5.82 Å². The summed E-state index contributed by atoms with van der Waals surface area (Å²) in [4.78, 5) is 29.3. The van der Waals surface area contributed by atoms with Crippen LogP contribution < -0.4 is 10.2 Å². The molecule has 1 N–H and O–H groups in total. The number of aromatic nitrogens is 3. The predicted octanol–water partition coefficient (Wildman–Crippen LogP) is 6.47. The zero-order valence-corrected chi connectivity index (χ0v) is 23.3. The lowest BCUT2D eigenvalue weighted by Crippen LogP contribution is -2.46. The second kappa shape index (κ2) is 10.1. The summed E-state index contributed by atoms with van der Waals surface area (Å²) in [6.45, 7) is 4.05. The number of nitrogens with one attached hydrogen (secondary N) is 1. The zero-order chi connectivity index (χ0) is 28.8. The molecule has 4 heterocycles. The van der Waals surface area contributed by atoms with Crippen LogP contribution in [-0.4, -0.2) is 39.5 Å². The number of esters is 1. The van der Waals surface area contributed by atoms with Crippen molar-refractivity contribution < 1.29 is 9.53 Å². The number of rotatable bonds is 4. The number of hydrogen-bond acceptors (Lipinski definition) is 8. The van der Waals surface area contributed by atoms with E-state index in [2.05, 4.69) is 40.3 Å². The maximum Gasteiger partial charge on any atom is 0.337 e. The summed E-state index contributed by atoms with van der Waals surface area (Å²) in [5, 5.41) is 8.45. The summed E-state index contributed by atoms with van der Waals surface area (Å²) >= 11 is 0. The minimum Gasteiger partial charge on any atom is -0.465 e. The molecule has 206 valence electrons. The third-order valence-electron chi connectivity index (χ3n) is 7.43. The first kappa shape index (κ1) is 25.4. The molecule has 0 radical (unpaired) electrons. The van der Waals surface area contributed by atoms with Gasteiger partial charge in [0.05, 0.1) is 35.8 Å². The molecule has 42 heavy (non-hydrogen) atoms. The molecule has 9 nitrogen and oxygen atoms in total. The van der Waals surface area contributed by atoms with Gasteiger partial charge in [-0.15, -0.1) is 0 Å². The van der Waals surface area contributed by atoms with Crippen LogP contribution in [0.15, 0.2) is 107 Å². The Bertz CT molecular complexity index is 1890. The number of aliphatic imine (C=N–C) groups is 2. The normalized spacial score (nSPS) is 15.1. The predicted molar refractivity (Wildman–Crippen MR) is 164 cm³/mol. The third-order valence-corrected chi connectivity index (χ3v) is 7.43. The van der Waals surface area contributed by atoms with Gasteiger partial charge in [0, 0.05) is 17.4 Å². The van der Waals surface area contributed by atoms with E-state index < -0.39 is 0 Å². The summed E-state index contributed by atoms with van der Waals surface area (Å²) in [6, 6.07) is 29.1. The fourth-order valence-corrected chi connectivity index (χ4v) is 5.53. The lowest BCUT2D eigenvalue weighted by Gasteiger charge is -2.40. The Morgan fingerprint density at radius 3 is 2.48 bits per heavy atom. The molecule has 9 heteroatoms. The molecule has 0 spiro atoms. The average Bonchev–Trinajstić information content (AvgIpc) is 3.36. The van der Waals surface area contributed by atoms with E-state index in [0.29, 0.717) is 28.9 Å². The Labute approximate surface area is 242 Å². The van der Waals surface area contributed by atoms with Crippen molar-refractivity contribution in [2.45, 2.75) is 19.9 Å². The van der Waals surface area contributed by atoms with Gasteiger partial charge in [0.25, 0.3) is 0 Å². The Morgan fingerprint density at radius 2 is 1.71 bits per heavy atom. The van der Waals surface area contributed by atoms with Crippen molar-refractivity contribution in [1.82, 2.24) is 14.8 Å². The number of amidine groups is 2. The van der Waals surface area contributed by atoms with E-state index in [0.717, 1.165) is 39.4 Å². The van der Waals surface area contributed by atoms with E-state index in [1.807, 2.05) is 67.6 Å². The van der Waals surface area contributed by atoms with Gasteiger partial charge in [0.2, 0.25) is 0 Å². The molecule has 0 bridgehead atoms. The number of carbonyl (C=O) groups is 1. The molecule has 0 saturated carbocycles. The molecule has 0 amide bonds. The van der Waals surface area contributed by atoms with E-state index in [4.69, 9.17) is 19.8 Å². The molecule has 0 fully saturated rings. The quantitative estimate of drug-likeness (QED) is 0.256. The Morgan fingerprint density at radius 1 is 0.905 bits per heavy atom. The number of aryl methyl sites for hydroxylation is 2. The molecular weight excluding hydrogens is 526 g/mol. The molecule has 0 unspecified atom stereocenters. The van der Waals surface area contributed by atoms with Crippen molar-refractivity contribution in [3.05, 3.63) is 125 Å². The Hall–Kier alpha value is -5.57. The lowest BCUT2D eigenvalue weighted by molar-refractivity contribution is 0.0600. The summed E-state index contributed by atoms with van der Waals surface area (Å²) in [6.07, 6.45) is 1.74. The van der Waals surface area contributed by atoms with Crippen LogP contribution in [0.2, 0.25) is 0 Å². The van der Waals surface area contributed by atoms with Crippen LogP contribution in [0.5, 0.6) is 0 Å². The summed E-state index contributed by atoms with van der Waals surface area (Å²) in [5.74, 6) is 2.24. The van der Waals surface area contributed by atoms with E-state index in [9.17, 15) is 4.79 Å². The molecule has 7 rings (SSSR count). The highest BCUT2D eigenvalue weighted by atomic mass is 16.5. The topological polar surface area (TPSA) is 97.0 Å². The molecule has 2 aromatic heterocycles. The first-order valence-corrected chi connectivity index (χ1v) is 13.6. The van der Waals surface area contributed by atoms with Crippen LogP contribution in [-0.2, 0) is 4.74 Å². The molecular formula is C33H27N7O2. The van der Waals surface area contributed by atoms with Crippen LogP contribution in [0.3, 0.4) is 0 Å². The fraction of sp³-hybridized carbons (Fsp3) is 0.121. The third kappa shape index (κ3) is 4.23. The molecule has 2 aliphatic heterocycles. The second-order valence-electron chi connectivity index (χ2n) is 10.2. The molecule has 5 aromatic rings. The molecule has 2 aliphatic rings. The highest BCUT2D eigenvalue weighted by Gasteiger charge is 2.41. The number of ether oxygens (including phenoxy) is 1. The number of hydrogen-bond donors (Lipinski definition) is 1. The monoisotopic (exact) mass is 553 g/mol. The van der Waals surface area contributed by atoms with E-state index in [1.54, 1.807) is 23.0 Å². The molecule has 0 saturated heterocycles. The number of para-hydroxylation sites is 2. The van der Waals surface area contributed by atoms with Crippen LogP contribution in [0, 0.1) is 13.8 Å². The molecule has 1 atom stereocenters. The summed E-state index contributed by atoms with van der Waals surface area (Å²) < 4.78 is 6.74. The highest BCUT2D eigenvalue weighted by molar-refractivity contribution is 6.51. The van der Waals surface area contributed by atoms with Crippen molar-refractivity contribution in [1.29, 1.82) is 0 Å². The number of methoxy groups -OCH3 is 1. The first-order chi connectivity index (χ1) is 20.5. The van der Waals surface area contributed by atoms with Crippen LogP contribution in [0.4, 0.5) is 22.9 Å². The van der Waals surface area contributed by atoms with E-state index >= 15 is 0 Å². The average molecular weight is 554 g/mol. The zero-order valence-electron chi connectivity index (χ0n) is 23.3. The number of anilines is 2. The van der Waals surface area contributed by atoms with Gasteiger partial charge in [-0.3, -0.25) is 0 Å². The maximum absolute atomic E-state index is 12.2. The van der Waals surface area contributed by atoms with Gasteiger partial charge >= 0.3 is 5.97 Å². The van der Waals surface area contributed by atoms with Crippen molar-refractivity contribution in [2.24, 2.45) is 9.98 Å². The number of carbonyl (C=O) groups excluding carboxylic acids is 1. The largest absolute Gasteiger partial charge is 0.465 e. The molecule has 0 aliphatic carbocycles. The van der Waals surface area contributed by atoms with Crippen LogP contribution in [0.1, 0.15) is 38.8 Å². The van der Waals surface area contributed by atoms with Gasteiger partial charge in [0.15, 0.2) is 23.3 Å². The van der Waals surface area contributed by atoms with Crippen LogP contribution >= 0.6 is 0 Å². The lowest BCUT2D eigenvalue weighted by atomic mass is 9.92. The van der Waals surface area contributed by atoms with E-state index in [1.165, 1.54) is 7.11 Å². The number of fused-ring (bicyclic) bond motifs is 4. The fourth-order valence-electron chi connectivity index (χ4n) is 5.53. The molecule has 3 aromatic carbocycles. The second-order valence-corrected chi connectivity index (χ2v) is 10.2.